The number of hydrogen-bond acceptors (Lipinski definition) is 5. The molecule has 5 nitrogen and oxygen atoms in total. The average Bonchev–Trinajstić information content (AvgIpc) is 2.58. The predicted octanol–water partition coefficient (Wildman–Crippen LogP) is 4.72. The topological polar surface area (TPSA) is 61.8 Å². The Morgan fingerprint density at radius 1 is 0.966 bits per heavy atom. The molecule has 4 rings (SSSR count). The summed E-state index contributed by atoms with van der Waals surface area (Å²) in [5, 5.41) is 0. The fourth-order valence-electron chi connectivity index (χ4n) is 5.48. The maximum absolute atomic E-state index is 14.4. The molecule has 4 aliphatic carbocycles. The lowest BCUT2D eigenvalue weighted by Crippen LogP contribution is -2.55. The van der Waals surface area contributed by atoms with E-state index in [0.717, 1.165) is 38.5 Å². The molecule has 4 aliphatic rings. The van der Waals surface area contributed by atoms with Gasteiger partial charge in [0.2, 0.25) is 0 Å². The van der Waals surface area contributed by atoms with Gasteiger partial charge in [-0.1, -0.05) is 20.8 Å². The van der Waals surface area contributed by atoms with Crippen molar-refractivity contribution < 1.29 is 32.6 Å². The second-order valence-corrected chi connectivity index (χ2v) is 10.5. The summed E-state index contributed by atoms with van der Waals surface area (Å²) in [5.74, 6) is -5.34. The molecule has 4 bridgehead atoms. The van der Waals surface area contributed by atoms with E-state index in [9.17, 15) is 18.4 Å². The zero-order valence-corrected chi connectivity index (χ0v) is 18.2. The Hall–Kier alpha value is -1.24. The first-order valence-corrected chi connectivity index (χ1v) is 10.7. The summed E-state index contributed by atoms with van der Waals surface area (Å²) in [6.45, 7) is 5.96. The van der Waals surface area contributed by atoms with Crippen LogP contribution in [0.3, 0.4) is 0 Å². The molecule has 4 fully saturated rings. The van der Waals surface area contributed by atoms with Crippen LogP contribution in [0, 0.1) is 28.6 Å². The molecular formula is C22H34F2O5. The average molecular weight is 417 g/mol. The summed E-state index contributed by atoms with van der Waals surface area (Å²) < 4.78 is 44.8. The number of ether oxygens (including phenoxy) is 3. The normalized spacial score (nSPS) is 33.3. The molecule has 0 spiro atoms. The van der Waals surface area contributed by atoms with E-state index in [-0.39, 0.29) is 6.61 Å². The van der Waals surface area contributed by atoms with Crippen molar-refractivity contribution in [3.63, 3.8) is 0 Å². The van der Waals surface area contributed by atoms with Gasteiger partial charge in [0.15, 0.2) is 0 Å². The zero-order chi connectivity index (χ0) is 21.7. The summed E-state index contributed by atoms with van der Waals surface area (Å²) in [7, 11) is 0. The van der Waals surface area contributed by atoms with Gasteiger partial charge in [-0.15, -0.1) is 0 Å². The second-order valence-electron chi connectivity index (χ2n) is 10.5. The Bertz CT molecular complexity index is 619. The Morgan fingerprint density at radius 2 is 1.45 bits per heavy atom. The Morgan fingerprint density at radius 3 is 1.86 bits per heavy atom. The van der Waals surface area contributed by atoms with Crippen LogP contribution in [0.25, 0.3) is 0 Å². The summed E-state index contributed by atoms with van der Waals surface area (Å²) >= 11 is 0. The molecule has 166 valence electrons. The maximum atomic E-state index is 14.4. The third-order valence-corrected chi connectivity index (χ3v) is 7.03. The highest BCUT2D eigenvalue weighted by Crippen LogP contribution is 2.60. The van der Waals surface area contributed by atoms with Crippen molar-refractivity contribution in [2.24, 2.45) is 28.6 Å². The number of carbonyl (C=O) groups excluding carboxylic acids is 2. The molecule has 1 unspecified atom stereocenters. The monoisotopic (exact) mass is 416 g/mol. The molecule has 0 saturated heterocycles. The molecule has 0 N–H and O–H groups in total. The molecule has 7 heteroatoms. The van der Waals surface area contributed by atoms with Gasteiger partial charge in [-0.3, -0.25) is 4.79 Å². The summed E-state index contributed by atoms with van der Waals surface area (Å²) in [4.78, 5) is 25.8. The van der Waals surface area contributed by atoms with Crippen LogP contribution in [0.1, 0.15) is 73.1 Å². The molecular weight excluding hydrogens is 382 g/mol. The molecule has 0 aromatic rings. The van der Waals surface area contributed by atoms with Gasteiger partial charge in [0.25, 0.3) is 5.92 Å². The van der Waals surface area contributed by atoms with Crippen molar-refractivity contribution in [2.45, 2.75) is 84.9 Å². The number of alkyl halides is 2. The highest BCUT2D eigenvalue weighted by molar-refractivity contribution is 5.84. The van der Waals surface area contributed by atoms with E-state index in [1.165, 1.54) is 27.7 Å². The summed E-state index contributed by atoms with van der Waals surface area (Å²) in [6.07, 6.45) is 5.68. The Balaban J connectivity index is 1.76. The quantitative estimate of drug-likeness (QED) is 0.444. The van der Waals surface area contributed by atoms with Crippen LogP contribution >= 0.6 is 0 Å². The Kier molecular flexibility index (Phi) is 5.78. The van der Waals surface area contributed by atoms with Gasteiger partial charge < -0.3 is 14.2 Å². The van der Waals surface area contributed by atoms with E-state index in [1.807, 2.05) is 0 Å². The lowest BCUT2D eigenvalue weighted by Gasteiger charge is -2.55. The lowest BCUT2D eigenvalue weighted by molar-refractivity contribution is -0.269. The molecule has 1 atom stereocenters. The van der Waals surface area contributed by atoms with Crippen LogP contribution in [-0.2, 0) is 23.8 Å². The molecule has 0 radical (unpaired) electrons. The molecule has 29 heavy (non-hydrogen) atoms. The zero-order valence-electron chi connectivity index (χ0n) is 18.2. The number of halogens is 2. The largest absolute Gasteiger partial charge is 0.461 e. The van der Waals surface area contributed by atoms with Gasteiger partial charge >= 0.3 is 17.7 Å². The number of esters is 2. The van der Waals surface area contributed by atoms with Crippen LogP contribution in [-0.4, -0.2) is 36.9 Å². The standard InChI is InChI=1S/C22H34F2O5/c1-6-27-17(25)20(5,28-13-22(23,24)19(2,3)4)29-18(26)21-10-14-7-15(11-21)9-16(8-14)12-21/h14-16H,6-13H2,1-5H3. The minimum absolute atomic E-state index is 0.0301. The van der Waals surface area contributed by atoms with Crippen LogP contribution in [0.15, 0.2) is 0 Å². The van der Waals surface area contributed by atoms with Gasteiger partial charge in [0.05, 0.1) is 12.0 Å². The highest BCUT2D eigenvalue weighted by atomic mass is 19.3. The van der Waals surface area contributed by atoms with Crippen molar-refractivity contribution in [1.29, 1.82) is 0 Å². The minimum atomic E-state index is -3.21. The predicted molar refractivity (Wildman–Crippen MR) is 102 cm³/mol. The van der Waals surface area contributed by atoms with Crippen LogP contribution in [0.4, 0.5) is 8.78 Å². The van der Waals surface area contributed by atoms with E-state index < -0.39 is 41.1 Å². The van der Waals surface area contributed by atoms with Crippen molar-refractivity contribution >= 4 is 11.9 Å². The molecule has 0 aliphatic heterocycles. The minimum Gasteiger partial charge on any atom is -0.461 e. The third-order valence-electron chi connectivity index (χ3n) is 7.03. The lowest BCUT2D eigenvalue weighted by atomic mass is 9.49. The van der Waals surface area contributed by atoms with Gasteiger partial charge in [0, 0.05) is 12.3 Å². The molecule has 4 saturated carbocycles. The first-order chi connectivity index (χ1) is 13.3. The number of rotatable bonds is 7. The fraction of sp³-hybridized carbons (Fsp3) is 0.909. The highest BCUT2D eigenvalue weighted by Gasteiger charge is 2.58. The van der Waals surface area contributed by atoms with Crippen LogP contribution < -0.4 is 0 Å². The van der Waals surface area contributed by atoms with Gasteiger partial charge in [0.1, 0.15) is 6.61 Å². The van der Waals surface area contributed by atoms with E-state index >= 15 is 0 Å². The Labute approximate surface area is 171 Å². The number of carbonyl (C=O) groups is 2. The van der Waals surface area contributed by atoms with Gasteiger partial charge in [-0.25, -0.2) is 13.6 Å². The summed E-state index contributed by atoms with van der Waals surface area (Å²) in [6, 6.07) is 0. The fourth-order valence-corrected chi connectivity index (χ4v) is 5.48. The van der Waals surface area contributed by atoms with Crippen molar-refractivity contribution in [3.05, 3.63) is 0 Å². The first kappa shape index (κ1) is 22.4. The second kappa shape index (κ2) is 7.47. The first-order valence-electron chi connectivity index (χ1n) is 10.7. The molecule has 0 heterocycles. The SMILES string of the molecule is CCOC(=O)C(C)(OCC(F)(F)C(C)(C)C)OC(=O)C12CC3CC(CC(C3)C1)C2. The van der Waals surface area contributed by atoms with Gasteiger partial charge in [-0.2, -0.15) is 0 Å². The van der Waals surface area contributed by atoms with Crippen molar-refractivity contribution in [1.82, 2.24) is 0 Å². The maximum Gasteiger partial charge on any atom is 0.379 e. The van der Waals surface area contributed by atoms with E-state index in [4.69, 9.17) is 14.2 Å². The molecule has 0 amide bonds. The van der Waals surface area contributed by atoms with E-state index in [2.05, 4.69) is 0 Å². The van der Waals surface area contributed by atoms with E-state index in [1.54, 1.807) is 6.92 Å². The van der Waals surface area contributed by atoms with Crippen LogP contribution in [0.2, 0.25) is 0 Å². The smallest absolute Gasteiger partial charge is 0.379 e. The van der Waals surface area contributed by atoms with Gasteiger partial charge in [-0.05, 0) is 63.2 Å². The third kappa shape index (κ3) is 4.30. The van der Waals surface area contributed by atoms with E-state index in [0.29, 0.717) is 17.8 Å². The number of hydrogen-bond donors (Lipinski definition) is 0. The van der Waals surface area contributed by atoms with Crippen molar-refractivity contribution in [3.8, 4) is 0 Å². The molecule has 0 aromatic heterocycles. The van der Waals surface area contributed by atoms with Crippen LogP contribution in [0.5, 0.6) is 0 Å². The summed E-state index contributed by atoms with van der Waals surface area (Å²) in [5.41, 5.74) is -2.00. The molecule has 0 aromatic carbocycles. The van der Waals surface area contributed by atoms with Crippen molar-refractivity contribution in [2.75, 3.05) is 13.2 Å².